The largest absolute Gasteiger partial charge is 0.405 e. The lowest BCUT2D eigenvalue weighted by atomic mass is 10.2. The van der Waals surface area contributed by atoms with Crippen LogP contribution >= 0.6 is 6.72 Å². The van der Waals surface area contributed by atoms with Crippen molar-refractivity contribution in [3.8, 4) is 5.88 Å². The highest BCUT2D eigenvalue weighted by Crippen LogP contribution is 2.54. The molecule has 0 aliphatic carbocycles. The van der Waals surface area contributed by atoms with Gasteiger partial charge in [0.2, 0.25) is 5.88 Å². The third-order valence-electron chi connectivity index (χ3n) is 2.09. The predicted octanol–water partition coefficient (Wildman–Crippen LogP) is 2.95. The number of hydrogen-bond acceptors (Lipinski definition) is 5. The molecular formula is C10H14NO3PS. The summed E-state index contributed by atoms with van der Waals surface area (Å²) < 4.78 is 16.5. The topological polar surface area (TPSA) is 40.6 Å². The van der Waals surface area contributed by atoms with E-state index < -0.39 is 6.72 Å². The molecule has 0 saturated carbocycles. The van der Waals surface area contributed by atoms with Gasteiger partial charge in [0.25, 0.3) is 0 Å². The number of nitrogens with zero attached hydrogens (tertiary/aromatic N) is 1. The number of rotatable bonds is 3. The standard InChI is InChI=1S/C10H14NO3PS/c1-3-4-12-15(16)13-7-9-5-8(2)6-11-10(9)14-15/h5-6H,3-4,7H2,1-2H3. The van der Waals surface area contributed by atoms with Crippen LogP contribution in [0, 0.1) is 6.92 Å². The van der Waals surface area contributed by atoms with Gasteiger partial charge in [0.1, 0.15) is 0 Å². The van der Waals surface area contributed by atoms with E-state index in [2.05, 4.69) is 4.98 Å². The molecule has 0 bridgehead atoms. The van der Waals surface area contributed by atoms with Gasteiger partial charge in [0.15, 0.2) is 0 Å². The smallest absolute Gasteiger partial charge is 0.382 e. The minimum absolute atomic E-state index is 0.422. The zero-order valence-corrected chi connectivity index (χ0v) is 11.0. The fraction of sp³-hybridized carbons (Fsp3) is 0.500. The maximum Gasteiger partial charge on any atom is 0.382 e. The Kier molecular flexibility index (Phi) is 3.60. The van der Waals surface area contributed by atoms with Crippen molar-refractivity contribution in [1.82, 2.24) is 4.98 Å². The average Bonchev–Trinajstić information content (AvgIpc) is 2.27. The zero-order valence-electron chi connectivity index (χ0n) is 9.30. The maximum atomic E-state index is 5.55. The van der Waals surface area contributed by atoms with Gasteiger partial charge in [-0.3, -0.25) is 9.05 Å². The molecule has 0 fully saturated rings. The summed E-state index contributed by atoms with van der Waals surface area (Å²) in [5, 5.41) is 0. The van der Waals surface area contributed by atoms with Crippen LogP contribution in [0.4, 0.5) is 0 Å². The lowest BCUT2D eigenvalue weighted by molar-refractivity contribution is 0.176. The molecule has 1 aliphatic heterocycles. The molecular weight excluding hydrogens is 245 g/mol. The van der Waals surface area contributed by atoms with E-state index in [1.807, 2.05) is 19.9 Å². The second-order valence-electron chi connectivity index (χ2n) is 3.62. The van der Waals surface area contributed by atoms with Gasteiger partial charge in [-0.2, -0.15) is 0 Å². The van der Waals surface area contributed by atoms with Gasteiger partial charge in [-0.25, -0.2) is 4.98 Å². The Morgan fingerprint density at radius 1 is 1.62 bits per heavy atom. The highest BCUT2D eigenvalue weighted by molar-refractivity contribution is 8.07. The number of hydrogen-bond donors (Lipinski definition) is 0. The summed E-state index contributed by atoms with van der Waals surface area (Å²) in [5.41, 5.74) is 2.01. The Hall–Kier alpha value is -0.480. The highest BCUT2D eigenvalue weighted by atomic mass is 32.5. The molecule has 0 aromatic carbocycles. The van der Waals surface area contributed by atoms with E-state index in [1.165, 1.54) is 0 Å². The number of aryl methyl sites for hydroxylation is 1. The highest BCUT2D eigenvalue weighted by Gasteiger charge is 2.29. The van der Waals surface area contributed by atoms with E-state index in [9.17, 15) is 0 Å². The molecule has 1 aliphatic rings. The zero-order chi connectivity index (χ0) is 11.6. The third-order valence-corrected chi connectivity index (χ3v) is 4.29. The van der Waals surface area contributed by atoms with Crippen LogP contribution in [0.2, 0.25) is 0 Å². The van der Waals surface area contributed by atoms with Crippen molar-refractivity contribution in [1.29, 1.82) is 0 Å². The molecule has 2 rings (SSSR count). The molecule has 0 N–H and O–H groups in total. The van der Waals surface area contributed by atoms with Crippen molar-refractivity contribution in [2.24, 2.45) is 0 Å². The summed E-state index contributed by atoms with van der Waals surface area (Å²) in [7, 11) is 0. The Morgan fingerprint density at radius 2 is 2.44 bits per heavy atom. The van der Waals surface area contributed by atoms with Gasteiger partial charge >= 0.3 is 6.72 Å². The van der Waals surface area contributed by atoms with Crippen LogP contribution in [-0.4, -0.2) is 11.6 Å². The van der Waals surface area contributed by atoms with Gasteiger partial charge in [0.05, 0.1) is 13.2 Å². The summed E-state index contributed by atoms with van der Waals surface area (Å²) in [4.78, 5) is 4.20. The van der Waals surface area contributed by atoms with Crippen molar-refractivity contribution in [2.75, 3.05) is 6.61 Å². The first kappa shape index (κ1) is 12.0. The van der Waals surface area contributed by atoms with Gasteiger partial charge in [0, 0.05) is 23.6 Å². The van der Waals surface area contributed by atoms with Gasteiger partial charge in [-0.15, -0.1) is 0 Å². The normalized spacial score (nSPS) is 23.6. The number of aromatic nitrogens is 1. The summed E-state index contributed by atoms with van der Waals surface area (Å²) in [6.07, 6.45) is 2.64. The number of fused-ring (bicyclic) bond motifs is 1. The van der Waals surface area contributed by atoms with E-state index in [0.29, 0.717) is 19.1 Å². The third kappa shape index (κ3) is 2.61. The first-order valence-electron chi connectivity index (χ1n) is 5.17. The molecule has 0 spiro atoms. The molecule has 1 atom stereocenters. The number of pyridine rings is 1. The van der Waals surface area contributed by atoms with Crippen molar-refractivity contribution in [3.05, 3.63) is 23.4 Å². The van der Waals surface area contributed by atoms with Gasteiger partial charge in [-0.1, -0.05) is 6.92 Å². The molecule has 0 amide bonds. The van der Waals surface area contributed by atoms with Crippen molar-refractivity contribution in [3.63, 3.8) is 0 Å². The van der Waals surface area contributed by atoms with Crippen LogP contribution in [-0.2, 0) is 27.5 Å². The van der Waals surface area contributed by atoms with Crippen molar-refractivity contribution in [2.45, 2.75) is 26.9 Å². The minimum atomic E-state index is -2.61. The Bertz CT molecular complexity index is 438. The maximum absolute atomic E-state index is 5.55. The fourth-order valence-corrected chi connectivity index (χ4v) is 3.20. The van der Waals surface area contributed by atoms with Crippen LogP contribution < -0.4 is 4.52 Å². The second kappa shape index (κ2) is 4.80. The van der Waals surface area contributed by atoms with Crippen LogP contribution in [0.3, 0.4) is 0 Å². The van der Waals surface area contributed by atoms with E-state index in [-0.39, 0.29) is 0 Å². The Balaban J connectivity index is 2.17. The second-order valence-corrected chi connectivity index (χ2v) is 6.56. The predicted molar refractivity (Wildman–Crippen MR) is 64.9 cm³/mol. The lowest BCUT2D eigenvalue weighted by Gasteiger charge is -2.27. The summed E-state index contributed by atoms with van der Waals surface area (Å²) in [6, 6.07) is 1.99. The van der Waals surface area contributed by atoms with Crippen molar-refractivity contribution >= 4 is 18.5 Å². The Morgan fingerprint density at radius 3 is 3.19 bits per heavy atom. The molecule has 6 heteroatoms. The summed E-state index contributed by atoms with van der Waals surface area (Å²) in [5.74, 6) is 0.552. The molecule has 2 heterocycles. The molecule has 16 heavy (non-hydrogen) atoms. The van der Waals surface area contributed by atoms with Gasteiger partial charge < -0.3 is 4.52 Å². The van der Waals surface area contributed by atoms with Crippen molar-refractivity contribution < 1.29 is 13.6 Å². The minimum Gasteiger partial charge on any atom is -0.405 e. The van der Waals surface area contributed by atoms with E-state index in [4.69, 9.17) is 25.4 Å². The van der Waals surface area contributed by atoms with Crippen LogP contribution in [0.1, 0.15) is 24.5 Å². The molecule has 1 unspecified atom stereocenters. The monoisotopic (exact) mass is 259 g/mol. The average molecular weight is 259 g/mol. The quantitative estimate of drug-likeness (QED) is 0.780. The fourth-order valence-electron chi connectivity index (χ4n) is 1.35. The van der Waals surface area contributed by atoms with E-state index >= 15 is 0 Å². The lowest BCUT2D eigenvalue weighted by Crippen LogP contribution is -2.11. The summed E-state index contributed by atoms with van der Waals surface area (Å²) in [6.45, 7) is 2.36. The van der Waals surface area contributed by atoms with Crippen LogP contribution in [0.5, 0.6) is 5.88 Å². The van der Waals surface area contributed by atoms with Crippen LogP contribution in [0.15, 0.2) is 12.3 Å². The van der Waals surface area contributed by atoms with Gasteiger partial charge in [-0.05, 0) is 25.0 Å². The van der Waals surface area contributed by atoms with E-state index in [0.717, 1.165) is 17.5 Å². The molecule has 0 radical (unpaired) electrons. The first-order chi connectivity index (χ1) is 7.63. The first-order valence-corrected chi connectivity index (χ1v) is 7.73. The SMILES string of the molecule is CCCOP1(=S)OCc2cc(C)cnc2O1. The molecule has 1 aromatic heterocycles. The molecule has 4 nitrogen and oxygen atoms in total. The molecule has 0 saturated heterocycles. The van der Waals surface area contributed by atoms with Crippen LogP contribution in [0.25, 0.3) is 0 Å². The van der Waals surface area contributed by atoms with E-state index in [1.54, 1.807) is 6.20 Å². The summed E-state index contributed by atoms with van der Waals surface area (Å²) >= 11 is 5.23. The molecule has 1 aromatic rings. The Labute approximate surface area is 100 Å². The molecule has 88 valence electrons.